The van der Waals surface area contributed by atoms with Crippen molar-refractivity contribution in [2.24, 2.45) is 0 Å². The lowest BCUT2D eigenvalue weighted by molar-refractivity contribution is -0.138. The van der Waals surface area contributed by atoms with Crippen molar-refractivity contribution in [2.75, 3.05) is 26.2 Å². The highest BCUT2D eigenvalue weighted by Gasteiger charge is 2.28. The summed E-state index contributed by atoms with van der Waals surface area (Å²) in [6, 6.07) is -1.14. The predicted molar refractivity (Wildman–Crippen MR) is 68.5 cm³/mol. The Labute approximate surface area is 108 Å². The highest BCUT2D eigenvalue weighted by molar-refractivity contribution is 5.82. The van der Waals surface area contributed by atoms with Crippen LogP contribution in [0, 0.1) is 0 Å². The largest absolute Gasteiger partial charge is 0.480 e. The van der Waals surface area contributed by atoms with Gasteiger partial charge in [0, 0.05) is 31.7 Å². The molecule has 1 fully saturated rings. The second-order valence-electron chi connectivity index (χ2n) is 5.65. The van der Waals surface area contributed by atoms with Crippen molar-refractivity contribution in [3.8, 4) is 0 Å². The van der Waals surface area contributed by atoms with Crippen LogP contribution >= 0.6 is 0 Å². The van der Waals surface area contributed by atoms with Crippen LogP contribution in [0.15, 0.2) is 0 Å². The maximum absolute atomic E-state index is 11.8. The summed E-state index contributed by atoms with van der Waals surface area (Å²) in [5, 5.41) is 11.2. The first-order valence-corrected chi connectivity index (χ1v) is 6.25. The van der Waals surface area contributed by atoms with E-state index in [2.05, 4.69) is 31.0 Å². The highest BCUT2D eigenvalue weighted by atomic mass is 16.4. The molecule has 1 atom stereocenters. The first kappa shape index (κ1) is 14.8. The maximum Gasteiger partial charge on any atom is 0.325 e. The Hall–Kier alpha value is -1.30. The number of urea groups is 1. The zero-order valence-electron chi connectivity index (χ0n) is 11.6. The third-order valence-corrected chi connectivity index (χ3v) is 3.23. The van der Waals surface area contributed by atoms with Gasteiger partial charge in [-0.2, -0.15) is 0 Å². The maximum atomic E-state index is 11.8. The summed E-state index contributed by atoms with van der Waals surface area (Å²) < 4.78 is 0. The minimum Gasteiger partial charge on any atom is -0.480 e. The van der Waals surface area contributed by atoms with E-state index in [1.165, 1.54) is 6.92 Å². The van der Waals surface area contributed by atoms with Gasteiger partial charge in [-0.05, 0) is 27.7 Å². The summed E-state index contributed by atoms with van der Waals surface area (Å²) in [4.78, 5) is 26.4. The average Bonchev–Trinajstić information content (AvgIpc) is 2.27. The number of piperazine rings is 1. The lowest BCUT2D eigenvalue weighted by atomic mass is 10.1. The van der Waals surface area contributed by atoms with E-state index in [9.17, 15) is 9.59 Å². The van der Waals surface area contributed by atoms with Crippen LogP contribution in [0.1, 0.15) is 27.7 Å². The molecule has 0 unspecified atom stereocenters. The fourth-order valence-electron chi connectivity index (χ4n) is 1.92. The molecule has 0 saturated carbocycles. The number of carboxylic acid groups (broad SMARTS) is 1. The van der Waals surface area contributed by atoms with Crippen LogP contribution in [0.2, 0.25) is 0 Å². The number of aliphatic carboxylic acids is 1. The van der Waals surface area contributed by atoms with E-state index in [0.29, 0.717) is 13.1 Å². The summed E-state index contributed by atoms with van der Waals surface area (Å²) in [7, 11) is 0. The molecule has 0 aromatic rings. The molecule has 0 radical (unpaired) electrons. The lowest BCUT2D eigenvalue weighted by Crippen LogP contribution is -2.57. The van der Waals surface area contributed by atoms with Crippen LogP contribution in [-0.4, -0.2) is 64.7 Å². The molecule has 0 bridgehead atoms. The smallest absolute Gasteiger partial charge is 0.325 e. The number of carbonyl (C=O) groups is 2. The molecule has 1 aliphatic heterocycles. The Morgan fingerprint density at radius 2 is 1.67 bits per heavy atom. The standard InChI is InChI=1S/C12H23N3O3/c1-9(10(16)17)13-11(18)14-5-7-15(8-6-14)12(2,3)4/h9H,5-8H2,1-4H3,(H,13,18)(H,16,17)/t9-/m1/s1. The molecule has 1 heterocycles. The van der Waals surface area contributed by atoms with E-state index >= 15 is 0 Å². The lowest BCUT2D eigenvalue weighted by Gasteiger charge is -2.42. The minimum absolute atomic E-state index is 0.108. The van der Waals surface area contributed by atoms with Crippen molar-refractivity contribution >= 4 is 12.0 Å². The molecule has 6 heteroatoms. The summed E-state index contributed by atoms with van der Waals surface area (Å²) in [6.45, 7) is 10.8. The SMILES string of the molecule is C[C@@H](NC(=O)N1CCN(C(C)(C)C)CC1)C(=O)O. The van der Waals surface area contributed by atoms with E-state index in [1.54, 1.807) is 4.90 Å². The monoisotopic (exact) mass is 257 g/mol. The van der Waals surface area contributed by atoms with Crippen molar-refractivity contribution in [1.82, 2.24) is 15.1 Å². The second-order valence-corrected chi connectivity index (χ2v) is 5.65. The van der Waals surface area contributed by atoms with Gasteiger partial charge in [0.15, 0.2) is 0 Å². The summed E-state index contributed by atoms with van der Waals surface area (Å²) in [6.07, 6.45) is 0. The molecule has 0 aromatic heterocycles. The molecule has 0 aromatic carbocycles. The molecule has 1 rings (SSSR count). The number of carbonyl (C=O) groups excluding carboxylic acids is 1. The number of nitrogens with zero attached hydrogens (tertiary/aromatic N) is 2. The van der Waals surface area contributed by atoms with Gasteiger partial charge in [-0.3, -0.25) is 9.69 Å². The summed E-state index contributed by atoms with van der Waals surface area (Å²) in [5.74, 6) is -1.02. The first-order valence-electron chi connectivity index (χ1n) is 6.25. The van der Waals surface area contributed by atoms with Crippen LogP contribution in [0.5, 0.6) is 0 Å². The van der Waals surface area contributed by atoms with Gasteiger partial charge >= 0.3 is 12.0 Å². The molecular weight excluding hydrogens is 234 g/mol. The van der Waals surface area contributed by atoms with Crippen molar-refractivity contribution in [3.05, 3.63) is 0 Å². The van der Waals surface area contributed by atoms with Gasteiger partial charge < -0.3 is 15.3 Å². The fourth-order valence-corrected chi connectivity index (χ4v) is 1.92. The third kappa shape index (κ3) is 3.87. The van der Waals surface area contributed by atoms with Gasteiger partial charge in [0.2, 0.25) is 0 Å². The number of hydrogen-bond donors (Lipinski definition) is 2. The van der Waals surface area contributed by atoms with Crippen LogP contribution < -0.4 is 5.32 Å². The van der Waals surface area contributed by atoms with Gasteiger partial charge in [0.05, 0.1) is 0 Å². The summed E-state index contributed by atoms with van der Waals surface area (Å²) >= 11 is 0. The number of hydrogen-bond acceptors (Lipinski definition) is 3. The van der Waals surface area contributed by atoms with Gasteiger partial charge in [-0.15, -0.1) is 0 Å². The number of amides is 2. The second kappa shape index (κ2) is 5.56. The zero-order valence-corrected chi connectivity index (χ0v) is 11.6. The Morgan fingerprint density at radius 3 is 2.06 bits per heavy atom. The molecule has 104 valence electrons. The van der Waals surface area contributed by atoms with E-state index < -0.39 is 12.0 Å². The van der Waals surface area contributed by atoms with Gasteiger partial charge in [0.1, 0.15) is 6.04 Å². The normalized spacial score (nSPS) is 19.4. The highest BCUT2D eigenvalue weighted by Crippen LogP contribution is 2.15. The van der Waals surface area contributed by atoms with Crippen molar-refractivity contribution in [2.45, 2.75) is 39.3 Å². The Bertz CT molecular complexity index is 317. The van der Waals surface area contributed by atoms with E-state index in [4.69, 9.17) is 5.11 Å². The fraction of sp³-hybridized carbons (Fsp3) is 0.833. The van der Waals surface area contributed by atoms with Gasteiger partial charge in [-0.25, -0.2) is 4.79 Å². The van der Waals surface area contributed by atoms with Crippen LogP contribution in [-0.2, 0) is 4.79 Å². The van der Waals surface area contributed by atoms with Crippen LogP contribution in [0.3, 0.4) is 0 Å². The van der Waals surface area contributed by atoms with Gasteiger partial charge in [0.25, 0.3) is 0 Å². The van der Waals surface area contributed by atoms with Crippen molar-refractivity contribution in [3.63, 3.8) is 0 Å². The van der Waals surface area contributed by atoms with E-state index in [0.717, 1.165) is 13.1 Å². The number of carboxylic acids is 1. The van der Waals surface area contributed by atoms with E-state index in [1.807, 2.05) is 0 Å². The molecule has 1 aliphatic rings. The first-order chi connectivity index (χ1) is 8.21. The molecule has 2 amide bonds. The minimum atomic E-state index is -1.02. The Balaban J connectivity index is 2.43. The zero-order chi connectivity index (χ0) is 13.9. The van der Waals surface area contributed by atoms with Crippen LogP contribution in [0.4, 0.5) is 4.79 Å². The van der Waals surface area contributed by atoms with E-state index in [-0.39, 0.29) is 11.6 Å². The third-order valence-electron chi connectivity index (χ3n) is 3.23. The van der Waals surface area contributed by atoms with Crippen LogP contribution in [0.25, 0.3) is 0 Å². The van der Waals surface area contributed by atoms with Crippen molar-refractivity contribution in [1.29, 1.82) is 0 Å². The molecule has 2 N–H and O–H groups in total. The Morgan fingerprint density at radius 1 is 1.17 bits per heavy atom. The summed E-state index contributed by atoms with van der Waals surface area (Å²) in [5.41, 5.74) is 0.108. The molecule has 18 heavy (non-hydrogen) atoms. The average molecular weight is 257 g/mol. The topological polar surface area (TPSA) is 72.9 Å². The number of rotatable bonds is 2. The Kier molecular flexibility index (Phi) is 4.56. The quantitative estimate of drug-likeness (QED) is 0.759. The molecule has 1 saturated heterocycles. The molecule has 0 aliphatic carbocycles. The number of nitrogens with one attached hydrogen (secondary N) is 1. The molecular formula is C12H23N3O3. The molecule has 0 spiro atoms. The predicted octanol–water partition coefficient (Wildman–Crippen LogP) is 0.585. The van der Waals surface area contributed by atoms with Gasteiger partial charge in [-0.1, -0.05) is 0 Å². The van der Waals surface area contributed by atoms with Crippen molar-refractivity contribution < 1.29 is 14.7 Å². The molecule has 6 nitrogen and oxygen atoms in total.